The van der Waals surface area contributed by atoms with Gasteiger partial charge in [0.25, 0.3) is 5.91 Å². The Hall–Kier alpha value is -1.59. The molecule has 0 atom stereocenters. The first kappa shape index (κ1) is 14.8. The second-order valence-electron chi connectivity index (χ2n) is 4.74. The molecule has 0 spiro atoms. The average molecular weight is 292 g/mol. The van der Waals surface area contributed by atoms with E-state index >= 15 is 0 Å². The molecule has 0 aromatic carbocycles. The van der Waals surface area contributed by atoms with E-state index in [1.54, 1.807) is 4.90 Å². The molecule has 1 amide bonds. The number of carbonyl (C=O) groups excluding carboxylic acids is 1. The number of aliphatic hydroxyl groups is 1. The first-order valence-corrected chi connectivity index (χ1v) is 7.69. The molecule has 1 N–H and O–H groups in total. The van der Waals surface area contributed by atoms with Crippen LogP contribution in [-0.4, -0.2) is 40.7 Å². The molecule has 0 saturated carbocycles. The second kappa shape index (κ2) is 7.26. The maximum Gasteiger partial charge on any atom is 0.265 e. The Kier molecular flexibility index (Phi) is 5.38. The van der Waals surface area contributed by atoms with Crippen molar-refractivity contribution in [3.63, 3.8) is 0 Å². The molecule has 2 heterocycles. The van der Waals surface area contributed by atoms with Crippen molar-refractivity contribution >= 4 is 17.2 Å². The van der Waals surface area contributed by atoms with E-state index in [0.29, 0.717) is 0 Å². The highest BCUT2D eigenvalue weighted by molar-refractivity contribution is 7.12. The number of aromatic nitrogens is 1. The number of amides is 1. The lowest BCUT2D eigenvalue weighted by Crippen LogP contribution is -2.27. The van der Waals surface area contributed by atoms with Crippen molar-refractivity contribution in [2.45, 2.75) is 19.3 Å². The fourth-order valence-electron chi connectivity index (χ4n) is 2.07. The maximum absolute atomic E-state index is 12.5. The van der Waals surface area contributed by atoms with Crippen LogP contribution < -0.4 is 0 Å². The quantitative estimate of drug-likeness (QED) is 0.798. The Labute approximate surface area is 123 Å². The second-order valence-corrected chi connectivity index (χ2v) is 5.65. The summed E-state index contributed by atoms with van der Waals surface area (Å²) >= 11 is 1.48. The summed E-state index contributed by atoms with van der Waals surface area (Å²) in [7, 11) is 1.83. The molecule has 0 fully saturated rings. The van der Waals surface area contributed by atoms with Gasteiger partial charge in [0.2, 0.25) is 0 Å². The van der Waals surface area contributed by atoms with Gasteiger partial charge in [-0.15, -0.1) is 11.3 Å². The SMILES string of the molecule is CN(CCCCCO)C(=O)c1sccc1-n1cccc1. The summed E-state index contributed by atoms with van der Waals surface area (Å²) < 4.78 is 1.96. The molecule has 2 aromatic rings. The van der Waals surface area contributed by atoms with Gasteiger partial charge in [-0.05, 0) is 42.8 Å². The Morgan fingerprint density at radius 1 is 1.30 bits per heavy atom. The summed E-state index contributed by atoms with van der Waals surface area (Å²) in [5.41, 5.74) is 0.937. The van der Waals surface area contributed by atoms with Gasteiger partial charge in [-0.2, -0.15) is 0 Å². The molecular formula is C15H20N2O2S. The summed E-state index contributed by atoms with van der Waals surface area (Å²) in [5, 5.41) is 10.7. The number of hydrogen-bond acceptors (Lipinski definition) is 3. The topological polar surface area (TPSA) is 45.5 Å². The van der Waals surface area contributed by atoms with Crippen molar-refractivity contribution < 1.29 is 9.90 Å². The minimum Gasteiger partial charge on any atom is -0.396 e. The third-order valence-corrected chi connectivity index (χ3v) is 4.11. The normalized spacial score (nSPS) is 10.7. The fourth-order valence-corrected chi connectivity index (χ4v) is 2.96. The third-order valence-electron chi connectivity index (χ3n) is 3.22. The van der Waals surface area contributed by atoms with Crippen LogP contribution in [0.25, 0.3) is 5.69 Å². The van der Waals surface area contributed by atoms with E-state index in [0.717, 1.165) is 36.4 Å². The molecule has 0 unspecified atom stereocenters. The number of hydrogen-bond donors (Lipinski definition) is 1. The van der Waals surface area contributed by atoms with Crippen molar-refractivity contribution in [2.24, 2.45) is 0 Å². The van der Waals surface area contributed by atoms with Gasteiger partial charge in [0, 0.05) is 32.6 Å². The van der Waals surface area contributed by atoms with Crippen LogP contribution >= 0.6 is 11.3 Å². The number of thiophene rings is 1. The summed E-state index contributed by atoms with van der Waals surface area (Å²) in [4.78, 5) is 15.0. The van der Waals surface area contributed by atoms with Crippen LogP contribution in [-0.2, 0) is 0 Å². The molecule has 108 valence electrons. The molecule has 20 heavy (non-hydrogen) atoms. The van der Waals surface area contributed by atoms with E-state index < -0.39 is 0 Å². The first-order chi connectivity index (χ1) is 9.74. The smallest absolute Gasteiger partial charge is 0.265 e. The van der Waals surface area contributed by atoms with Gasteiger partial charge in [0.1, 0.15) is 4.88 Å². The van der Waals surface area contributed by atoms with Gasteiger partial charge in [0.15, 0.2) is 0 Å². The number of rotatable bonds is 7. The van der Waals surface area contributed by atoms with Crippen LogP contribution in [0.15, 0.2) is 36.0 Å². The Morgan fingerprint density at radius 2 is 2.05 bits per heavy atom. The van der Waals surface area contributed by atoms with Crippen LogP contribution in [0.5, 0.6) is 0 Å². The van der Waals surface area contributed by atoms with Crippen molar-refractivity contribution in [3.05, 3.63) is 40.8 Å². The molecule has 0 aliphatic carbocycles. The summed E-state index contributed by atoms with van der Waals surface area (Å²) in [5.74, 6) is 0.0627. The van der Waals surface area contributed by atoms with Gasteiger partial charge in [-0.1, -0.05) is 0 Å². The number of unbranched alkanes of at least 4 members (excludes halogenated alkanes) is 2. The zero-order valence-corrected chi connectivity index (χ0v) is 12.5. The van der Waals surface area contributed by atoms with E-state index in [1.807, 2.05) is 47.6 Å². The fraction of sp³-hybridized carbons (Fsp3) is 0.400. The number of nitrogens with zero attached hydrogens (tertiary/aromatic N) is 2. The molecule has 2 rings (SSSR count). The highest BCUT2D eigenvalue weighted by Gasteiger charge is 2.17. The molecule has 0 bridgehead atoms. The van der Waals surface area contributed by atoms with Crippen LogP contribution in [0.4, 0.5) is 0 Å². The monoisotopic (exact) mass is 292 g/mol. The van der Waals surface area contributed by atoms with Crippen LogP contribution in [0.3, 0.4) is 0 Å². The van der Waals surface area contributed by atoms with Gasteiger partial charge in [-0.3, -0.25) is 4.79 Å². The lowest BCUT2D eigenvalue weighted by atomic mass is 10.2. The van der Waals surface area contributed by atoms with Crippen LogP contribution in [0.2, 0.25) is 0 Å². The van der Waals surface area contributed by atoms with Gasteiger partial charge in [-0.25, -0.2) is 0 Å². The van der Waals surface area contributed by atoms with E-state index in [2.05, 4.69) is 0 Å². The zero-order valence-electron chi connectivity index (χ0n) is 11.7. The molecule has 5 heteroatoms. The summed E-state index contributed by atoms with van der Waals surface area (Å²) in [6, 6.07) is 5.87. The summed E-state index contributed by atoms with van der Waals surface area (Å²) in [6.07, 6.45) is 6.56. The predicted molar refractivity (Wildman–Crippen MR) is 81.5 cm³/mol. The molecule has 4 nitrogen and oxygen atoms in total. The van der Waals surface area contributed by atoms with Crippen LogP contribution in [0, 0.1) is 0 Å². The summed E-state index contributed by atoms with van der Waals surface area (Å²) in [6.45, 7) is 0.947. The molecule has 2 aromatic heterocycles. The molecule has 0 aliphatic rings. The minimum absolute atomic E-state index is 0.0627. The van der Waals surface area contributed by atoms with E-state index in [9.17, 15) is 4.79 Å². The minimum atomic E-state index is 0.0627. The third kappa shape index (κ3) is 3.49. The predicted octanol–water partition coefficient (Wildman–Crippen LogP) is 2.77. The molecular weight excluding hydrogens is 272 g/mol. The standard InChI is InChI=1S/C15H20N2O2S/c1-16(8-3-2-6-11-18)15(19)14-13(7-12-20-14)17-9-4-5-10-17/h4-5,7,9-10,12,18H,2-3,6,8,11H2,1H3. The van der Waals surface area contributed by atoms with Crippen LogP contribution in [0.1, 0.15) is 28.9 Å². The first-order valence-electron chi connectivity index (χ1n) is 6.81. The maximum atomic E-state index is 12.5. The number of carbonyl (C=O) groups is 1. The highest BCUT2D eigenvalue weighted by atomic mass is 32.1. The van der Waals surface area contributed by atoms with Gasteiger partial charge >= 0.3 is 0 Å². The van der Waals surface area contributed by atoms with E-state index in [4.69, 9.17) is 5.11 Å². The van der Waals surface area contributed by atoms with Crippen molar-refractivity contribution in [2.75, 3.05) is 20.2 Å². The van der Waals surface area contributed by atoms with Crippen molar-refractivity contribution in [3.8, 4) is 5.69 Å². The molecule has 0 radical (unpaired) electrons. The zero-order chi connectivity index (χ0) is 14.4. The highest BCUT2D eigenvalue weighted by Crippen LogP contribution is 2.22. The van der Waals surface area contributed by atoms with E-state index in [-0.39, 0.29) is 12.5 Å². The van der Waals surface area contributed by atoms with Gasteiger partial charge in [0.05, 0.1) is 5.69 Å². The van der Waals surface area contributed by atoms with Gasteiger partial charge < -0.3 is 14.6 Å². The largest absolute Gasteiger partial charge is 0.396 e. The Balaban J connectivity index is 2.01. The Morgan fingerprint density at radius 3 is 2.75 bits per heavy atom. The molecule has 0 aliphatic heterocycles. The lowest BCUT2D eigenvalue weighted by Gasteiger charge is -2.17. The molecule has 0 saturated heterocycles. The average Bonchev–Trinajstić information content (AvgIpc) is 3.11. The van der Waals surface area contributed by atoms with Crippen molar-refractivity contribution in [1.82, 2.24) is 9.47 Å². The lowest BCUT2D eigenvalue weighted by molar-refractivity contribution is 0.0797. The Bertz CT molecular complexity index is 534. The van der Waals surface area contributed by atoms with E-state index in [1.165, 1.54) is 11.3 Å². The van der Waals surface area contributed by atoms with Crippen molar-refractivity contribution in [1.29, 1.82) is 0 Å². The number of aliphatic hydroxyl groups excluding tert-OH is 1.